The van der Waals surface area contributed by atoms with Crippen molar-refractivity contribution >= 4 is 34.6 Å². The Kier molecular flexibility index (Phi) is 6.87. The Bertz CT molecular complexity index is 1420. The van der Waals surface area contributed by atoms with Crippen LogP contribution < -0.4 is 20.3 Å². The van der Waals surface area contributed by atoms with E-state index in [4.69, 9.17) is 17.0 Å². The molecule has 0 unspecified atom stereocenters. The number of carbonyl (C=O) groups is 1. The molecular weight excluding hydrogens is 484 g/mol. The van der Waals surface area contributed by atoms with Gasteiger partial charge in [0.2, 0.25) is 5.91 Å². The maximum Gasteiger partial charge on any atom is 0.224 e. The SMILES string of the molecule is CCC(=O)Nc1ccc(N2C(=S)N[C@H](c3ccccn3)[C@@H]2c2cccn2-c2ccc(C)cn2)cc1OC. The van der Waals surface area contributed by atoms with E-state index in [-0.39, 0.29) is 18.0 Å². The van der Waals surface area contributed by atoms with Crippen LogP contribution in [0.3, 0.4) is 0 Å². The van der Waals surface area contributed by atoms with Crippen LogP contribution in [0.15, 0.2) is 79.3 Å². The minimum absolute atomic E-state index is 0.0825. The van der Waals surface area contributed by atoms with Gasteiger partial charge in [0.25, 0.3) is 0 Å². The van der Waals surface area contributed by atoms with Crippen molar-refractivity contribution in [3.8, 4) is 11.6 Å². The van der Waals surface area contributed by atoms with Crippen LogP contribution in [-0.2, 0) is 4.79 Å². The summed E-state index contributed by atoms with van der Waals surface area (Å²) in [6.07, 6.45) is 6.03. The lowest BCUT2D eigenvalue weighted by atomic mass is 10.0. The van der Waals surface area contributed by atoms with E-state index in [1.165, 1.54) is 0 Å². The van der Waals surface area contributed by atoms with Crippen molar-refractivity contribution in [1.82, 2.24) is 19.9 Å². The number of hydrogen-bond acceptors (Lipinski definition) is 5. The van der Waals surface area contributed by atoms with E-state index in [2.05, 4.69) is 36.1 Å². The summed E-state index contributed by atoms with van der Waals surface area (Å²) < 4.78 is 7.71. The van der Waals surface area contributed by atoms with E-state index in [1.807, 2.05) is 80.8 Å². The highest BCUT2D eigenvalue weighted by Gasteiger charge is 2.42. The third kappa shape index (κ3) is 4.77. The van der Waals surface area contributed by atoms with E-state index in [0.717, 1.165) is 28.5 Å². The predicted molar refractivity (Wildman–Crippen MR) is 148 cm³/mol. The van der Waals surface area contributed by atoms with Crippen LogP contribution in [0.25, 0.3) is 5.82 Å². The quantitative estimate of drug-likeness (QED) is 0.333. The number of nitrogens with one attached hydrogen (secondary N) is 2. The molecule has 1 aliphatic heterocycles. The van der Waals surface area contributed by atoms with Gasteiger partial charge in [-0.3, -0.25) is 9.78 Å². The first-order valence-electron chi connectivity index (χ1n) is 12.1. The number of aromatic nitrogens is 3. The highest BCUT2D eigenvalue weighted by Crippen LogP contribution is 2.43. The van der Waals surface area contributed by atoms with Gasteiger partial charge in [0.15, 0.2) is 5.11 Å². The van der Waals surface area contributed by atoms with Crippen molar-refractivity contribution in [3.63, 3.8) is 0 Å². The topological polar surface area (TPSA) is 84.3 Å². The van der Waals surface area contributed by atoms with Crippen molar-refractivity contribution < 1.29 is 9.53 Å². The third-order valence-electron chi connectivity index (χ3n) is 6.38. The molecular formula is C28H28N6O2S. The Morgan fingerprint density at radius 1 is 1.14 bits per heavy atom. The summed E-state index contributed by atoms with van der Waals surface area (Å²) in [7, 11) is 1.59. The Balaban J connectivity index is 1.62. The monoisotopic (exact) mass is 512 g/mol. The first-order chi connectivity index (χ1) is 18.0. The molecule has 9 heteroatoms. The molecule has 37 heavy (non-hydrogen) atoms. The van der Waals surface area contributed by atoms with E-state index in [0.29, 0.717) is 23.0 Å². The van der Waals surface area contributed by atoms with Gasteiger partial charge in [0.05, 0.1) is 24.5 Å². The number of methoxy groups -OCH3 is 1. The lowest BCUT2D eigenvalue weighted by molar-refractivity contribution is -0.115. The molecule has 0 spiro atoms. The molecule has 3 aromatic heterocycles. The van der Waals surface area contributed by atoms with Gasteiger partial charge in [0.1, 0.15) is 17.6 Å². The first kappa shape index (κ1) is 24.5. The zero-order valence-electron chi connectivity index (χ0n) is 20.9. The van der Waals surface area contributed by atoms with Gasteiger partial charge in [-0.15, -0.1) is 0 Å². The summed E-state index contributed by atoms with van der Waals surface area (Å²) in [6.45, 7) is 3.83. The molecule has 1 amide bonds. The van der Waals surface area contributed by atoms with Crippen LogP contribution in [0.4, 0.5) is 11.4 Å². The summed E-state index contributed by atoms with van der Waals surface area (Å²) in [5, 5.41) is 6.95. The van der Waals surface area contributed by atoms with E-state index >= 15 is 0 Å². The molecule has 5 rings (SSSR count). The van der Waals surface area contributed by atoms with Crippen molar-refractivity contribution in [2.75, 3.05) is 17.3 Å². The Morgan fingerprint density at radius 3 is 2.70 bits per heavy atom. The fraction of sp³-hybridized carbons (Fsp3) is 0.214. The number of hydrogen-bond donors (Lipinski definition) is 2. The van der Waals surface area contributed by atoms with Crippen molar-refractivity contribution in [3.05, 3.63) is 96.2 Å². The van der Waals surface area contributed by atoms with Gasteiger partial charge >= 0.3 is 0 Å². The predicted octanol–water partition coefficient (Wildman–Crippen LogP) is 5.11. The number of thiocarbonyl (C=S) groups is 1. The van der Waals surface area contributed by atoms with Gasteiger partial charge in [-0.1, -0.05) is 19.1 Å². The van der Waals surface area contributed by atoms with E-state index < -0.39 is 0 Å². The van der Waals surface area contributed by atoms with E-state index in [9.17, 15) is 4.79 Å². The smallest absolute Gasteiger partial charge is 0.224 e. The molecule has 4 aromatic rings. The van der Waals surface area contributed by atoms with E-state index in [1.54, 1.807) is 13.3 Å². The average molecular weight is 513 g/mol. The summed E-state index contributed by atoms with van der Waals surface area (Å²) in [4.78, 5) is 23.4. The van der Waals surface area contributed by atoms with Crippen LogP contribution in [0.2, 0.25) is 0 Å². The second-order valence-electron chi connectivity index (χ2n) is 8.78. The fourth-order valence-corrected chi connectivity index (χ4v) is 4.90. The second-order valence-corrected chi connectivity index (χ2v) is 9.17. The maximum absolute atomic E-state index is 12.0. The number of anilines is 2. The van der Waals surface area contributed by atoms with Crippen molar-refractivity contribution in [1.29, 1.82) is 0 Å². The Labute approximate surface area is 221 Å². The van der Waals surface area contributed by atoms with Gasteiger partial charge in [-0.2, -0.15) is 0 Å². The van der Waals surface area contributed by atoms with Crippen LogP contribution in [-0.4, -0.2) is 32.7 Å². The Hall–Kier alpha value is -4.24. The van der Waals surface area contributed by atoms with Crippen LogP contribution >= 0.6 is 12.2 Å². The number of aryl methyl sites for hydroxylation is 1. The standard InChI is InChI=1S/C28H28N6O2S/c1-4-25(35)31-20-12-11-19(16-23(20)36-3)34-27(26(32-28(34)37)21-8-5-6-14-29-21)22-9-7-15-33(22)24-13-10-18(2)17-30-24/h5-17,26-27H,4H2,1-3H3,(H,31,35)(H,32,37)/t26-,27+/m1/s1. The van der Waals surface area contributed by atoms with Gasteiger partial charge < -0.3 is 24.8 Å². The molecule has 1 fully saturated rings. The number of nitrogens with zero attached hydrogens (tertiary/aromatic N) is 4. The molecule has 2 atom stereocenters. The molecule has 1 aromatic carbocycles. The molecule has 2 N–H and O–H groups in total. The largest absolute Gasteiger partial charge is 0.494 e. The minimum Gasteiger partial charge on any atom is -0.494 e. The number of carbonyl (C=O) groups excluding carboxylic acids is 1. The number of rotatable bonds is 7. The zero-order chi connectivity index (χ0) is 25.9. The fourth-order valence-electron chi connectivity index (χ4n) is 4.55. The Morgan fingerprint density at radius 2 is 2.00 bits per heavy atom. The minimum atomic E-state index is -0.235. The van der Waals surface area contributed by atoms with Gasteiger partial charge in [-0.05, 0) is 67.2 Å². The molecule has 0 bridgehead atoms. The summed E-state index contributed by atoms with van der Waals surface area (Å²) in [6, 6.07) is 19.2. The van der Waals surface area contributed by atoms with Crippen molar-refractivity contribution in [2.45, 2.75) is 32.4 Å². The summed E-state index contributed by atoms with van der Waals surface area (Å²) >= 11 is 5.88. The zero-order valence-corrected chi connectivity index (χ0v) is 21.7. The van der Waals surface area contributed by atoms with Gasteiger partial charge in [0, 0.05) is 42.5 Å². The van der Waals surface area contributed by atoms with Crippen molar-refractivity contribution in [2.24, 2.45) is 0 Å². The molecule has 0 radical (unpaired) electrons. The number of pyridine rings is 2. The van der Waals surface area contributed by atoms with Gasteiger partial charge in [-0.25, -0.2) is 4.98 Å². The van der Waals surface area contributed by atoms with Crippen LogP contribution in [0, 0.1) is 6.92 Å². The number of amides is 1. The highest BCUT2D eigenvalue weighted by atomic mass is 32.1. The van der Waals surface area contributed by atoms with Crippen LogP contribution in [0.1, 0.15) is 42.4 Å². The normalized spacial score (nSPS) is 16.9. The summed E-state index contributed by atoms with van der Waals surface area (Å²) in [5.74, 6) is 1.29. The molecule has 0 aliphatic carbocycles. The number of benzene rings is 1. The first-order valence-corrected chi connectivity index (χ1v) is 12.5. The molecule has 8 nitrogen and oxygen atoms in total. The third-order valence-corrected chi connectivity index (χ3v) is 6.70. The summed E-state index contributed by atoms with van der Waals surface area (Å²) in [5.41, 5.74) is 4.41. The molecule has 1 saturated heterocycles. The molecule has 4 heterocycles. The number of ether oxygens (including phenoxy) is 1. The lowest BCUT2D eigenvalue weighted by Crippen LogP contribution is -2.30. The second kappa shape index (κ2) is 10.4. The van der Waals surface area contributed by atoms with Crippen LogP contribution in [0.5, 0.6) is 5.75 Å². The molecule has 188 valence electrons. The average Bonchev–Trinajstić information content (AvgIpc) is 3.54. The molecule has 1 aliphatic rings. The lowest BCUT2D eigenvalue weighted by Gasteiger charge is -2.29. The molecule has 0 saturated carbocycles. The maximum atomic E-state index is 12.0. The highest BCUT2D eigenvalue weighted by molar-refractivity contribution is 7.80.